The molecule has 1 atom stereocenters. The number of nitrogens with one attached hydrogen (secondary N) is 1. The van der Waals surface area contributed by atoms with Gasteiger partial charge in [-0.05, 0) is 18.4 Å². The van der Waals surface area contributed by atoms with Crippen LogP contribution in [0, 0.1) is 0 Å². The van der Waals surface area contributed by atoms with Crippen molar-refractivity contribution in [3.8, 4) is 11.3 Å². The Morgan fingerprint density at radius 1 is 1.19 bits per heavy atom. The topological polar surface area (TPSA) is 41.1 Å². The van der Waals surface area contributed by atoms with E-state index in [2.05, 4.69) is 39.1 Å². The van der Waals surface area contributed by atoms with Crippen LogP contribution in [-0.4, -0.2) is 40.7 Å². The van der Waals surface area contributed by atoms with Crippen LogP contribution >= 0.6 is 0 Å². The summed E-state index contributed by atoms with van der Waals surface area (Å²) >= 11 is 0. The van der Waals surface area contributed by atoms with Gasteiger partial charge in [0.25, 0.3) is 0 Å². The summed E-state index contributed by atoms with van der Waals surface area (Å²) in [4.78, 5) is 10.7. The van der Waals surface area contributed by atoms with E-state index in [0.717, 1.165) is 37.3 Å². The smallest absolute Gasteiger partial charge is 0.126 e. The molecule has 21 heavy (non-hydrogen) atoms. The van der Waals surface area contributed by atoms with E-state index < -0.39 is 0 Å². The van der Waals surface area contributed by atoms with Gasteiger partial charge in [-0.15, -0.1) is 0 Å². The van der Waals surface area contributed by atoms with Crippen LogP contribution in [0.5, 0.6) is 0 Å². The zero-order valence-corrected chi connectivity index (χ0v) is 12.2. The summed E-state index contributed by atoms with van der Waals surface area (Å²) in [5.41, 5.74) is 2.27. The van der Waals surface area contributed by atoms with Crippen molar-refractivity contribution >= 4 is 0 Å². The Kier molecular flexibility index (Phi) is 3.49. The van der Waals surface area contributed by atoms with Gasteiger partial charge in [0.05, 0.1) is 31.1 Å². The number of aromatic nitrogens is 2. The quantitative estimate of drug-likeness (QED) is 0.941. The summed E-state index contributed by atoms with van der Waals surface area (Å²) in [6.07, 6.45) is 5.95. The van der Waals surface area contributed by atoms with Crippen LogP contribution in [0.1, 0.15) is 31.1 Å². The first-order valence-electron chi connectivity index (χ1n) is 7.85. The molecule has 2 heterocycles. The van der Waals surface area contributed by atoms with Crippen molar-refractivity contribution in [1.29, 1.82) is 0 Å². The van der Waals surface area contributed by atoms with E-state index in [1.54, 1.807) is 0 Å². The van der Waals surface area contributed by atoms with Crippen LogP contribution in [-0.2, 0) is 4.74 Å². The molecule has 1 aromatic carbocycles. The SMILES string of the molecule is c1ccc(-c2cnc(C3COCCN3C3CCC3)[nH]2)cc1. The van der Waals surface area contributed by atoms with Crippen molar-refractivity contribution < 1.29 is 4.74 Å². The van der Waals surface area contributed by atoms with Gasteiger partial charge in [-0.2, -0.15) is 0 Å². The molecule has 1 saturated carbocycles. The first kappa shape index (κ1) is 13.0. The van der Waals surface area contributed by atoms with Crippen molar-refractivity contribution in [2.24, 2.45) is 0 Å². The van der Waals surface area contributed by atoms with Crippen LogP contribution < -0.4 is 0 Å². The van der Waals surface area contributed by atoms with E-state index in [1.807, 2.05) is 12.3 Å². The minimum Gasteiger partial charge on any atom is -0.378 e. The number of morpholine rings is 1. The van der Waals surface area contributed by atoms with E-state index >= 15 is 0 Å². The maximum Gasteiger partial charge on any atom is 0.126 e. The van der Waals surface area contributed by atoms with Gasteiger partial charge in [0.1, 0.15) is 5.82 Å². The second-order valence-corrected chi connectivity index (χ2v) is 5.96. The monoisotopic (exact) mass is 283 g/mol. The molecule has 1 aliphatic carbocycles. The maximum atomic E-state index is 5.70. The van der Waals surface area contributed by atoms with E-state index in [-0.39, 0.29) is 6.04 Å². The third-order valence-electron chi connectivity index (χ3n) is 4.71. The normalized spacial score (nSPS) is 23.9. The Labute approximate surface area is 125 Å². The lowest BCUT2D eigenvalue weighted by molar-refractivity contribution is -0.0494. The minimum absolute atomic E-state index is 0.279. The second-order valence-electron chi connectivity index (χ2n) is 5.96. The highest BCUT2D eigenvalue weighted by Gasteiger charge is 2.34. The van der Waals surface area contributed by atoms with Crippen LogP contribution in [0.15, 0.2) is 36.5 Å². The maximum absolute atomic E-state index is 5.70. The van der Waals surface area contributed by atoms with Gasteiger partial charge in [-0.25, -0.2) is 4.98 Å². The predicted molar refractivity (Wildman–Crippen MR) is 81.9 cm³/mol. The molecule has 1 unspecified atom stereocenters. The van der Waals surface area contributed by atoms with Crippen LogP contribution in [0.25, 0.3) is 11.3 Å². The summed E-state index contributed by atoms with van der Waals surface area (Å²) < 4.78 is 5.70. The number of ether oxygens (including phenoxy) is 1. The highest BCUT2D eigenvalue weighted by atomic mass is 16.5. The lowest BCUT2D eigenvalue weighted by Crippen LogP contribution is -2.48. The number of nitrogens with zero attached hydrogens (tertiary/aromatic N) is 2. The van der Waals surface area contributed by atoms with Crippen molar-refractivity contribution in [3.05, 3.63) is 42.4 Å². The Hall–Kier alpha value is -1.65. The fourth-order valence-corrected chi connectivity index (χ4v) is 3.28. The molecular weight excluding hydrogens is 262 g/mol. The fourth-order valence-electron chi connectivity index (χ4n) is 3.28. The Morgan fingerprint density at radius 3 is 2.81 bits per heavy atom. The second kappa shape index (κ2) is 5.62. The predicted octanol–water partition coefficient (Wildman–Crippen LogP) is 3.00. The Balaban J connectivity index is 1.58. The largest absolute Gasteiger partial charge is 0.378 e. The molecule has 0 amide bonds. The standard InChI is InChI=1S/C17H21N3O/c1-2-5-13(6-3-1)15-11-18-17(19-15)16-12-21-10-9-20(16)14-7-4-8-14/h1-3,5-6,11,14,16H,4,7-10,12H2,(H,18,19). The van der Waals surface area contributed by atoms with Crippen molar-refractivity contribution in [2.75, 3.05) is 19.8 Å². The molecule has 2 aromatic rings. The van der Waals surface area contributed by atoms with Crippen LogP contribution in [0.3, 0.4) is 0 Å². The average Bonchev–Trinajstić information content (AvgIpc) is 2.97. The molecule has 1 N–H and O–H groups in total. The number of hydrogen-bond acceptors (Lipinski definition) is 3. The lowest BCUT2D eigenvalue weighted by atomic mass is 9.90. The molecule has 110 valence electrons. The van der Waals surface area contributed by atoms with E-state index in [1.165, 1.54) is 24.8 Å². The number of hydrogen-bond donors (Lipinski definition) is 1. The van der Waals surface area contributed by atoms with Gasteiger partial charge < -0.3 is 9.72 Å². The first-order valence-corrected chi connectivity index (χ1v) is 7.85. The average molecular weight is 283 g/mol. The number of imidazole rings is 1. The van der Waals surface area contributed by atoms with Crippen LogP contribution in [0.4, 0.5) is 0 Å². The van der Waals surface area contributed by atoms with Gasteiger partial charge >= 0.3 is 0 Å². The van der Waals surface area contributed by atoms with Gasteiger partial charge in [0, 0.05) is 12.6 Å². The molecule has 2 aliphatic rings. The van der Waals surface area contributed by atoms with Gasteiger partial charge in [0.2, 0.25) is 0 Å². The molecule has 1 aliphatic heterocycles. The number of benzene rings is 1. The fraction of sp³-hybridized carbons (Fsp3) is 0.471. The highest BCUT2D eigenvalue weighted by molar-refractivity contribution is 5.58. The van der Waals surface area contributed by atoms with Crippen molar-refractivity contribution in [3.63, 3.8) is 0 Å². The van der Waals surface area contributed by atoms with E-state index in [9.17, 15) is 0 Å². The molecule has 1 saturated heterocycles. The van der Waals surface area contributed by atoms with Crippen LogP contribution in [0.2, 0.25) is 0 Å². The van der Waals surface area contributed by atoms with E-state index in [0.29, 0.717) is 0 Å². The third-order valence-corrected chi connectivity index (χ3v) is 4.71. The molecule has 1 aromatic heterocycles. The lowest BCUT2D eigenvalue weighted by Gasteiger charge is -2.44. The number of rotatable bonds is 3. The van der Waals surface area contributed by atoms with Crippen molar-refractivity contribution in [2.45, 2.75) is 31.3 Å². The third kappa shape index (κ3) is 2.49. The van der Waals surface area contributed by atoms with Gasteiger partial charge in [-0.3, -0.25) is 4.90 Å². The summed E-state index contributed by atoms with van der Waals surface area (Å²) in [6.45, 7) is 2.62. The molecule has 4 rings (SSSR count). The molecule has 4 heteroatoms. The number of H-pyrrole nitrogens is 1. The molecule has 4 nitrogen and oxygen atoms in total. The summed E-state index contributed by atoms with van der Waals surface area (Å²) in [5, 5.41) is 0. The Bertz CT molecular complexity index is 591. The number of aromatic amines is 1. The highest BCUT2D eigenvalue weighted by Crippen LogP contribution is 2.33. The van der Waals surface area contributed by atoms with E-state index in [4.69, 9.17) is 4.74 Å². The summed E-state index contributed by atoms with van der Waals surface area (Å²) in [5.74, 6) is 1.04. The Morgan fingerprint density at radius 2 is 2.05 bits per heavy atom. The zero-order valence-electron chi connectivity index (χ0n) is 12.2. The summed E-state index contributed by atoms with van der Waals surface area (Å²) in [6, 6.07) is 11.4. The van der Waals surface area contributed by atoms with Gasteiger partial charge in [-0.1, -0.05) is 36.8 Å². The molecular formula is C17H21N3O. The minimum atomic E-state index is 0.279. The molecule has 2 fully saturated rings. The first-order chi connectivity index (χ1) is 10.4. The summed E-state index contributed by atoms with van der Waals surface area (Å²) in [7, 11) is 0. The molecule has 0 radical (unpaired) electrons. The molecule has 0 bridgehead atoms. The molecule has 0 spiro atoms. The zero-order chi connectivity index (χ0) is 14.1. The van der Waals surface area contributed by atoms with Crippen molar-refractivity contribution in [1.82, 2.24) is 14.9 Å². The van der Waals surface area contributed by atoms with Gasteiger partial charge in [0.15, 0.2) is 0 Å².